The van der Waals surface area contributed by atoms with Gasteiger partial charge in [-0.05, 0) is 32.0 Å². The van der Waals surface area contributed by atoms with Crippen molar-refractivity contribution in [2.75, 3.05) is 0 Å². The number of rotatable bonds is 6. The SMILES string of the molecule is Cn1c(=O)c2cc(F)c(-c3cnc(C(C)(C)O)nc3)cc2n1Cc1ccccc1OC(F)F. The number of aliphatic hydroxyl groups is 1. The van der Waals surface area contributed by atoms with E-state index in [1.165, 1.54) is 50.1 Å². The monoisotopic (exact) mass is 458 g/mol. The Hall–Kier alpha value is -3.66. The number of aromatic nitrogens is 4. The molecule has 4 rings (SSSR count). The van der Waals surface area contributed by atoms with E-state index in [0.29, 0.717) is 16.6 Å². The van der Waals surface area contributed by atoms with Gasteiger partial charge in [0.1, 0.15) is 17.2 Å². The molecule has 0 amide bonds. The zero-order chi connectivity index (χ0) is 23.9. The maximum Gasteiger partial charge on any atom is 0.387 e. The molecule has 0 unspecified atom stereocenters. The number of ether oxygens (including phenoxy) is 1. The Balaban J connectivity index is 1.83. The van der Waals surface area contributed by atoms with Crippen LogP contribution in [0.25, 0.3) is 22.0 Å². The van der Waals surface area contributed by atoms with E-state index in [1.54, 1.807) is 22.9 Å². The molecule has 0 radical (unpaired) electrons. The second-order valence-corrected chi connectivity index (χ2v) is 8.08. The Morgan fingerprint density at radius 3 is 2.45 bits per heavy atom. The van der Waals surface area contributed by atoms with Crippen LogP contribution in [0.5, 0.6) is 5.75 Å². The Kier molecular flexibility index (Phi) is 5.71. The largest absolute Gasteiger partial charge is 0.434 e. The molecular formula is C23H21F3N4O3. The van der Waals surface area contributed by atoms with Crippen molar-refractivity contribution in [3.05, 3.63) is 76.4 Å². The lowest BCUT2D eigenvalue weighted by molar-refractivity contribution is -0.0505. The van der Waals surface area contributed by atoms with Gasteiger partial charge in [0, 0.05) is 36.1 Å². The quantitative estimate of drug-likeness (QED) is 0.475. The smallest absolute Gasteiger partial charge is 0.387 e. The average Bonchev–Trinajstić information content (AvgIpc) is 2.98. The Morgan fingerprint density at radius 2 is 1.82 bits per heavy atom. The van der Waals surface area contributed by atoms with Crippen molar-refractivity contribution in [2.45, 2.75) is 32.6 Å². The summed E-state index contributed by atoms with van der Waals surface area (Å²) in [7, 11) is 1.51. The van der Waals surface area contributed by atoms with E-state index < -0.39 is 23.6 Å². The fraction of sp³-hybridized carbons (Fsp3) is 0.261. The van der Waals surface area contributed by atoms with Crippen molar-refractivity contribution in [1.29, 1.82) is 0 Å². The van der Waals surface area contributed by atoms with Crippen LogP contribution in [0.15, 0.2) is 53.6 Å². The van der Waals surface area contributed by atoms with Gasteiger partial charge in [-0.15, -0.1) is 0 Å². The molecule has 0 fully saturated rings. The van der Waals surface area contributed by atoms with E-state index in [0.717, 1.165) is 6.07 Å². The summed E-state index contributed by atoms with van der Waals surface area (Å²) in [6.07, 6.45) is 2.78. The molecule has 0 aliphatic rings. The summed E-state index contributed by atoms with van der Waals surface area (Å²) in [5.74, 6) is -0.474. The summed E-state index contributed by atoms with van der Waals surface area (Å²) in [6.45, 7) is 0.112. The summed E-state index contributed by atoms with van der Waals surface area (Å²) in [4.78, 5) is 20.9. The standard InChI is InChI=1S/C23H21F3N4O3/c1-23(2,32)21-27-10-14(11-28-21)15-9-18-16(8-17(15)24)20(31)29(3)30(18)12-13-6-4-5-7-19(13)33-22(25)26/h4-11,22,32H,12H2,1-3H3. The van der Waals surface area contributed by atoms with Gasteiger partial charge in [-0.2, -0.15) is 8.78 Å². The maximum atomic E-state index is 14.9. The van der Waals surface area contributed by atoms with Gasteiger partial charge in [0.2, 0.25) is 0 Å². The number of alkyl halides is 2. The summed E-state index contributed by atoms with van der Waals surface area (Å²) >= 11 is 0. The normalized spacial score (nSPS) is 12.0. The van der Waals surface area contributed by atoms with Crippen molar-refractivity contribution in [3.8, 4) is 16.9 Å². The second kappa shape index (κ2) is 8.36. The number of hydrogen-bond donors (Lipinski definition) is 1. The number of benzene rings is 2. The summed E-state index contributed by atoms with van der Waals surface area (Å²) < 4.78 is 48.0. The van der Waals surface area contributed by atoms with E-state index in [1.807, 2.05) is 0 Å². The van der Waals surface area contributed by atoms with Crippen LogP contribution in [0.3, 0.4) is 0 Å². The lowest BCUT2D eigenvalue weighted by atomic mass is 10.1. The predicted molar refractivity (Wildman–Crippen MR) is 116 cm³/mol. The molecule has 0 aliphatic heterocycles. The van der Waals surface area contributed by atoms with E-state index in [2.05, 4.69) is 14.7 Å². The third-order valence-electron chi connectivity index (χ3n) is 5.27. The molecule has 2 heterocycles. The molecule has 0 aliphatic carbocycles. The molecule has 33 heavy (non-hydrogen) atoms. The fourth-order valence-electron chi connectivity index (χ4n) is 3.59. The van der Waals surface area contributed by atoms with Crippen LogP contribution in [-0.2, 0) is 19.2 Å². The second-order valence-electron chi connectivity index (χ2n) is 8.08. The summed E-state index contributed by atoms with van der Waals surface area (Å²) in [5, 5.41) is 10.2. The minimum atomic E-state index is -3.00. The van der Waals surface area contributed by atoms with Crippen molar-refractivity contribution in [3.63, 3.8) is 0 Å². The van der Waals surface area contributed by atoms with Crippen molar-refractivity contribution in [2.24, 2.45) is 7.05 Å². The van der Waals surface area contributed by atoms with E-state index in [9.17, 15) is 23.1 Å². The van der Waals surface area contributed by atoms with E-state index >= 15 is 0 Å². The third kappa shape index (κ3) is 4.34. The molecule has 1 N–H and O–H groups in total. The lowest BCUT2D eigenvalue weighted by Crippen LogP contribution is -2.20. The average molecular weight is 458 g/mol. The molecule has 2 aromatic carbocycles. The fourth-order valence-corrected chi connectivity index (χ4v) is 3.59. The van der Waals surface area contributed by atoms with Gasteiger partial charge >= 0.3 is 6.61 Å². The molecule has 172 valence electrons. The van der Waals surface area contributed by atoms with Gasteiger partial charge < -0.3 is 9.84 Å². The van der Waals surface area contributed by atoms with Crippen molar-refractivity contribution < 1.29 is 23.0 Å². The minimum Gasteiger partial charge on any atom is -0.434 e. The summed E-state index contributed by atoms with van der Waals surface area (Å²) in [5.41, 5.74) is -0.357. The highest BCUT2D eigenvalue weighted by molar-refractivity contribution is 5.84. The van der Waals surface area contributed by atoms with Gasteiger partial charge in [-0.3, -0.25) is 14.2 Å². The number of para-hydroxylation sites is 1. The molecule has 0 saturated carbocycles. The Labute approximate surface area is 186 Å². The molecule has 0 atom stereocenters. The molecule has 0 spiro atoms. The highest BCUT2D eigenvalue weighted by atomic mass is 19.3. The first-order valence-electron chi connectivity index (χ1n) is 10.0. The number of halogens is 3. The molecule has 2 aromatic heterocycles. The van der Waals surface area contributed by atoms with Gasteiger partial charge in [0.05, 0.1) is 17.4 Å². The van der Waals surface area contributed by atoms with Crippen LogP contribution in [0.1, 0.15) is 25.2 Å². The van der Waals surface area contributed by atoms with Crippen molar-refractivity contribution >= 4 is 10.9 Å². The molecule has 10 heteroatoms. The van der Waals surface area contributed by atoms with Crippen LogP contribution in [0.4, 0.5) is 13.2 Å². The van der Waals surface area contributed by atoms with Crippen LogP contribution < -0.4 is 10.3 Å². The number of hydrogen-bond acceptors (Lipinski definition) is 5. The highest BCUT2D eigenvalue weighted by Crippen LogP contribution is 2.29. The van der Waals surface area contributed by atoms with Gasteiger partial charge in [-0.1, -0.05) is 18.2 Å². The minimum absolute atomic E-state index is 0.0141. The first-order valence-corrected chi connectivity index (χ1v) is 10.0. The first kappa shape index (κ1) is 22.5. The third-order valence-corrected chi connectivity index (χ3v) is 5.27. The van der Waals surface area contributed by atoms with Crippen molar-refractivity contribution in [1.82, 2.24) is 19.3 Å². The van der Waals surface area contributed by atoms with Gasteiger partial charge in [0.25, 0.3) is 5.56 Å². The topological polar surface area (TPSA) is 82.2 Å². The predicted octanol–water partition coefficient (Wildman–Crippen LogP) is 3.81. The van der Waals surface area contributed by atoms with Crippen LogP contribution in [0.2, 0.25) is 0 Å². The van der Waals surface area contributed by atoms with Crippen LogP contribution >= 0.6 is 0 Å². The Bertz CT molecular complexity index is 1370. The zero-order valence-electron chi connectivity index (χ0n) is 18.1. The van der Waals surface area contributed by atoms with Crippen LogP contribution in [0, 0.1) is 5.82 Å². The van der Waals surface area contributed by atoms with E-state index in [-0.39, 0.29) is 29.1 Å². The molecule has 0 bridgehead atoms. The number of nitrogens with zero attached hydrogens (tertiary/aromatic N) is 4. The molecule has 4 aromatic rings. The Morgan fingerprint density at radius 1 is 1.15 bits per heavy atom. The molecular weight excluding hydrogens is 437 g/mol. The van der Waals surface area contributed by atoms with E-state index in [4.69, 9.17) is 0 Å². The lowest BCUT2D eigenvalue weighted by Gasteiger charge is -2.15. The maximum absolute atomic E-state index is 14.9. The summed E-state index contributed by atoms with van der Waals surface area (Å²) in [6, 6.07) is 8.89. The first-order chi connectivity index (χ1) is 15.6. The van der Waals surface area contributed by atoms with Gasteiger partial charge in [-0.25, -0.2) is 14.4 Å². The number of fused-ring (bicyclic) bond motifs is 1. The van der Waals surface area contributed by atoms with Gasteiger partial charge in [0.15, 0.2) is 5.82 Å². The zero-order valence-corrected chi connectivity index (χ0v) is 18.1. The highest BCUT2D eigenvalue weighted by Gasteiger charge is 2.21. The van der Waals surface area contributed by atoms with Crippen LogP contribution in [-0.4, -0.2) is 31.0 Å². The molecule has 0 saturated heterocycles. The molecule has 7 nitrogen and oxygen atoms in total.